The molecule has 0 spiro atoms. The molecule has 2 aromatic rings. The minimum atomic E-state index is -0.266. The maximum Gasteiger partial charge on any atom is 0.257 e. The summed E-state index contributed by atoms with van der Waals surface area (Å²) in [6, 6.07) is 6.72. The Labute approximate surface area is 91.5 Å². The van der Waals surface area contributed by atoms with E-state index >= 15 is 0 Å². The van der Waals surface area contributed by atoms with Gasteiger partial charge in [0.15, 0.2) is 0 Å². The maximum absolute atomic E-state index is 11.6. The number of rotatable bonds is 2. The van der Waals surface area contributed by atoms with Gasteiger partial charge < -0.3 is 10.1 Å². The molecule has 0 fully saturated rings. The van der Waals surface area contributed by atoms with E-state index in [4.69, 9.17) is 5.11 Å². The van der Waals surface area contributed by atoms with E-state index in [1.165, 1.54) is 7.05 Å². The number of nitrogens with one attached hydrogen (secondary N) is 1. The number of benzene rings is 1. The first kappa shape index (κ1) is 10.7. The molecule has 0 radical (unpaired) electrons. The Hall–Kier alpha value is -1.85. The van der Waals surface area contributed by atoms with Crippen LogP contribution in [0.4, 0.5) is 5.82 Å². The lowest BCUT2D eigenvalue weighted by atomic mass is 10.1. The van der Waals surface area contributed by atoms with Crippen molar-refractivity contribution in [3.05, 3.63) is 40.2 Å². The normalized spacial score (nSPS) is 10.7. The van der Waals surface area contributed by atoms with Gasteiger partial charge in [0.25, 0.3) is 5.56 Å². The minimum Gasteiger partial charge on any atom is -0.392 e. The van der Waals surface area contributed by atoms with Gasteiger partial charge in [-0.1, -0.05) is 6.07 Å². The molecule has 5 nitrogen and oxygen atoms in total. The third-order valence-corrected chi connectivity index (χ3v) is 2.43. The first-order valence-corrected chi connectivity index (χ1v) is 4.81. The number of hydrogen-bond acceptors (Lipinski definition) is 4. The van der Waals surface area contributed by atoms with Crippen LogP contribution in [-0.2, 0) is 6.61 Å². The molecule has 1 aromatic heterocycles. The first-order chi connectivity index (χ1) is 7.61. The quantitative estimate of drug-likeness (QED) is 0.656. The van der Waals surface area contributed by atoms with Crippen LogP contribution in [-0.4, -0.2) is 22.3 Å². The van der Waals surface area contributed by atoms with Crippen LogP contribution < -0.4 is 10.6 Å². The van der Waals surface area contributed by atoms with Gasteiger partial charge in [0.1, 0.15) is 5.82 Å². The summed E-state index contributed by atoms with van der Waals surface area (Å²) in [5, 5.41) is 20.3. The lowest BCUT2D eigenvalue weighted by Crippen LogP contribution is -2.17. The molecule has 2 rings (SSSR count). The summed E-state index contributed by atoms with van der Waals surface area (Å²) in [7, 11) is 1.42. The molecule has 0 aliphatic carbocycles. The second kappa shape index (κ2) is 3.96. The smallest absolute Gasteiger partial charge is 0.257 e. The Morgan fingerprint density at radius 1 is 1.38 bits per heavy atom. The number of hydrogen-bond donors (Lipinski definition) is 3. The van der Waals surface area contributed by atoms with Crippen LogP contribution in [0.15, 0.2) is 29.1 Å². The number of fused-ring (bicyclic) bond motifs is 1. The maximum atomic E-state index is 11.6. The van der Waals surface area contributed by atoms with E-state index in [1.807, 2.05) is 0 Å². The predicted octanol–water partition coefficient (Wildman–Crippen LogP) is 0.846. The minimum absolute atomic E-state index is 0.0764. The average Bonchev–Trinajstić information content (AvgIpc) is 2.28. The van der Waals surface area contributed by atoms with Crippen LogP contribution in [0.25, 0.3) is 10.8 Å². The van der Waals surface area contributed by atoms with Crippen molar-refractivity contribution in [2.45, 2.75) is 6.61 Å². The standard InChI is InChI=1S/C11H12N2O3/c1-13(16)10-5-8-4-7(6-14)2-3-9(8)11(15)12-10/h2-5,14,16H,6H2,1H3,(H,12,15). The lowest BCUT2D eigenvalue weighted by molar-refractivity contribution is 0.276. The molecule has 1 heterocycles. The molecule has 0 aliphatic rings. The molecule has 3 N–H and O–H groups in total. The molecule has 0 atom stereocenters. The Morgan fingerprint density at radius 2 is 2.12 bits per heavy atom. The predicted molar refractivity (Wildman–Crippen MR) is 60.7 cm³/mol. The van der Waals surface area contributed by atoms with E-state index in [1.54, 1.807) is 24.3 Å². The number of anilines is 1. The molecule has 1 aromatic carbocycles. The molecule has 5 heteroatoms. The molecular formula is C11H12N2O3. The topological polar surface area (TPSA) is 76.6 Å². The van der Waals surface area contributed by atoms with Crippen molar-refractivity contribution in [1.29, 1.82) is 0 Å². The summed E-state index contributed by atoms with van der Waals surface area (Å²) >= 11 is 0. The SMILES string of the molecule is CN(O)c1cc2cc(CO)ccc2c(=O)[nH]1. The van der Waals surface area contributed by atoms with Crippen molar-refractivity contribution in [3.63, 3.8) is 0 Å². The number of pyridine rings is 1. The Bertz CT molecular complexity index is 575. The van der Waals surface area contributed by atoms with Gasteiger partial charge in [-0.3, -0.25) is 10.0 Å². The third kappa shape index (κ3) is 1.78. The van der Waals surface area contributed by atoms with Crippen molar-refractivity contribution in [2.24, 2.45) is 0 Å². The molecule has 0 bridgehead atoms. The molecule has 0 amide bonds. The lowest BCUT2D eigenvalue weighted by Gasteiger charge is -2.10. The molecule has 16 heavy (non-hydrogen) atoms. The van der Waals surface area contributed by atoms with Gasteiger partial charge in [-0.15, -0.1) is 0 Å². The van der Waals surface area contributed by atoms with E-state index in [-0.39, 0.29) is 12.2 Å². The number of aromatic amines is 1. The summed E-state index contributed by atoms with van der Waals surface area (Å²) in [5.41, 5.74) is 0.461. The number of hydroxylamine groups is 1. The van der Waals surface area contributed by atoms with Gasteiger partial charge in [0.05, 0.1) is 6.61 Å². The average molecular weight is 220 g/mol. The number of aliphatic hydroxyl groups is 1. The van der Waals surface area contributed by atoms with Gasteiger partial charge in [0, 0.05) is 12.4 Å². The van der Waals surface area contributed by atoms with Gasteiger partial charge >= 0.3 is 0 Å². The van der Waals surface area contributed by atoms with E-state index in [2.05, 4.69) is 4.98 Å². The molecular weight excluding hydrogens is 208 g/mol. The van der Waals surface area contributed by atoms with E-state index in [0.717, 1.165) is 10.6 Å². The number of nitrogens with zero attached hydrogens (tertiary/aromatic N) is 1. The number of H-pyrrole nitrogens is 1. The van der Waals surface area contributed by atoms with Gasteiger partial charge in [-0.05, 0) is 29.1 Å². The van der Waals surface area contributed by atoms with Crippen LogP contribution >= 0.6 is 0 Å². The summed E-state index contributed by atoms with van der Waals surface area (Å²) < 4.78 is 0. The highest BCUT2D eigenvalue weighted by Crippen LogP contribution is 2.16. The third-order valence-electron chi connectivity index (χ3n) is 2.43. The summed E-state index contributed by atoms with van der Waals surface area (Å²) in [5.74, 6) is 0.313. The second-order valence-electron chi connectivity index (χ2n) is 3.59. The number of aromatic nitrogens is 1. The highest BCUT2D eigenvalue weighted by atomic mass is 16.5. The second-order valence-corrected chi connectivity index (χ2v) is 3.59. The molecule has 84 valence electrons. The van der Waals surface area contributed by atoms with Gasteiger partial charge in [-0.2, -0.15) is 0 Å². The van der Waals surface area contributed by atoms with E-state index < -0.39 is 0 Å². The van der Waals surface area contributed by atoms with Crippen molar-refractivity contribution in [2.75, 3.05) is 12.1 Å². The van der Waals surface area contributed by atoms with Gasteiger partial charge in [0.2, 0.25) is 0 Å². The van der Waals surface area contributed by atoms with Crippen molar-refractivity contribution < 1.29 is 10.3 Å². The van der Waals surface area contributed by atoms with E-state index in [0.29, 0.717) is 16.6 Å². The summed E-state index contributed by atoms with van der Waals surface area (Å²) in [6.07, 6.45) is 0. The Morgan fingerprint density at radius 3 is 2.75 bits per heavy atom. The van der Waals surface area contributed by atoms with Crippen LogP contribution in [0.5, 0.6) is 0 Å². The van der Waals surface area contributed by atoms with Crippen molar-refractivity contribution in [3.8, 4) is 0 Å². The molecule has 0 saturated carbocycles. The highest BCUT2D eigenvalue weighted by Gasteiger charge is 2.04. The zero-order valence-electron chi connectivity index (χ0n) is 8.77. The highest BCUT2D eigenvalue weighted by molar-refractivity contribution is 5.84. The zero-order chi connectivity index (χ0) is 11.7. The fraction of sp³-hybridized carbons (Fsp3) is 0.182. The van der Waals surface area contributed by atoms with E-state index in [9.17, 15) is 10.0 Å². The first-order valence-electron chi connectivity index (χ1n) is 4.81. The number of aliphatic hydroxyl groups excluding tert-OH is 1. The van der Waals surface area contributed by atoms with Crippen LogP contribution in [0.1, 0.15) is 5.56 Å². The summed E-state index contributed by atoms with van der Waals surface area (Å²) in [4.78, 5) is 14.2. The molecule has 0 aliphatic heterocycles. The van der Waals surface area contributed by atoms with Crippen LogP contribution in [0.3, 0.4) is 0 Å². The van der Waals surface area contributed by atoms with Crippen molar-refractivity contribution in [1.82, 2.24) is 4.98 Å². The van der Waals surface area contributed by atoms with Crippen molar-refractivity contribution >= 4 is 16.6 Å². The Balaban J connectivity index is 2.73. The summed E-state index contributed by atoms with van der Waals surface area (Å²) in [6.45, 7) is -0.0764. The molecule has 0 unspecified atom stereocenters. The Kier molecular flexibility index (Phi) is 2.64. The zero-order valence-corrected chi connectivity index (χ0v) is 8.77. The largest absolute Gasteiger partial charge is 0.392 e. The fourth-order valence-electron chi connectivity index (χ4n) is 1.58. The molecule has 0 saturated heterocycles. The van der Waals surface area contributed by atoms with Crippen LogP contribution in [0.2, 0.25) is 0 Å². The van der Waals surface area contributed by atoms with Crippen LogP contribution in [0, 0.1) is 0 Å². The monoisotopic (exact) mass is 220 g/mol. The fourth-order valence-corrected chi connectivity index (χ4v) is 1.58. The van der Waals surface area contributed by atoms with Gasteiger partial charge in [-0.25, -0.2) is 5.06 Å².